The molecule has 1 unspecified atom stereocenters. The molecule has 2 heterocycles. The van der Waals surface area contributed by atoms with Gasteiger partial charge in [-0.3, -0.25) is 9.69 Å². The van der Waals surface area contributed by atoms with Crippen molar-refractivity contribution in [2.24, 2.45) is 0 Å². The Morgan fingerprint density at radius 2 is 2.12 bits per heavy atom. The average molecular weight is 374 g/mol. The topological polar surface area (TPSA) is 81.9 Å². The zero-order valence-electron chi connectivity index (χ0n) is 14.3. The van der Waals surface area contributed by atoms with E-state index in [0.29, 0.717) is 11.4 Å². The normalized spacial score (nSPS) is 20.7. The van der Waals surface area contributed by atoms with E-state index in [2.05, 4.69) is 21.4 Å². The minimum Gasteiger partial charge on any atom is -0.348 e. The number of carbonyl (C=O) groups is 1. The third kappa shape index (κ3) is 3.33. The van der Waals surface area contributed by atoms with E-state index in [0.717, 1.165) is 16.7 Å². The summed E-state index contributed by atoms with van der Waals surface area (Å²) in [5.74, 6) is -1.09. The summed E-state index contributed by atoms with van der Waals surface area (Å²) >= 11 is 5.89. The lowest BCUT2D eigenvalue weighted by atomic mass is 10.0. The molecular weight excluding hydrogens is 357 g/mol. The van der Waals surface area contributed by atoms with Crippen molar-refractivity contribution >= 4 is 29.3 Å². The molecule has 6 nitrogen and oxygen atoms in total. The van der Waals surface area contributed by atoms with E-state index in [9.17, 15) is 14.4 Å². The van der Waals surface area contributed by atoms with Gasteiger partial charge in [0.15, 0.2) is 11.6 Å². The fourth-order valence-corrected chi connectivity index (χ4v) is 3.05. The molecule has 0 radical (unpaired) electrons. The number of hydrogen-bond acceptors (Lipinski definition) is 5. The van der Waals surface area contributed by atoms with Crippen LogP contribution < -0.4 is 10.2 Å². The van der Waals surface area contributed by atoms with Gasteiger partial charge in [0, 0.05) is 11.4 Å². The van der Waals surface area contributed by atoms with Gasteiger partial charge in [0.1, 0.15) is 5.54 Å². The molecule has 3 rings (SSSR count). The predicted molar refractivity (Wildman–Crippen MR) is 96.2 cm³/mol. The quantitative estimate of drug-likeness (QED) is 0.880. The Bertz CT molecular complexity index is 882. The van der Waals surface area contributed by atoms with Crippen LogP contribution in [0.4, 0.5) is 16.2 Å². The molecule has 1 aliphatic heterocycles. The maximum absolute atomic E-state index is 14.3. The minimum absolute atomic E-state index is 0.165. The first-order valence-corrected chi connectivity index (χ1v) is 8.51. The monoisotopic (exact) mass is 373 g/mol. The van der Waals surface area contributed by atoms with Gasteiger partial charge in [0.05, 0.1) is 18.3 Å². The molecule has 0 aliphatic carbocycles. The van der Waals surface area contributed by atoms with Crippen LogP contribution in [-0.4, -0.2) is 21.4 Å². The Kier molecular flexibility index (Phi) is 4.79. The van der Waals surface area contributed by atoms with Crippen LogP contribution >= 0.6 is 11.6 Å². The highest BCUT2D eigenvalue weighted by molar-refractivity contribution is 6.30. The summed E-state index contributed by atoms with van der Waals surface area (Å²) in [6.07, 6.45) is 1.51. The number of halogens is 2. The van der Waals surface area contributed by atoms with Crippen LogP contribution in [0.25, 0.3) is 0 Å². The molecule has 0 spiro atoms. The van der Waals surface area contributed by atoms with Crippen molar-refractivity contribution in [1.29, 1.82) is 5.26 Å². The van der Waals surface area contributed by atoms with Gasteiger partial charge in [-0.2, -0.15) is 10.2 Å². The molecule has 0 bridgehead atoms. The van der Waals surface area contributed by atoms with E-state index < -0.39 is 11.4 Å². The van der Waals surface area contributed by atoms with Crippen molar-refractivity contribution in [3.05, 3.63) is 46.9 Å². The number of amides is 1. The lowest BCUT2D eigenvalue weighted by molar-refractivity contribution is -0.117. The van der Waals surface area contributed by atoms with Crippen LogP contribution in [-0.2, 0) is 4.79 Å². The number of nitriles is 1. The molecular formula is C18H17ClFN5O. The molecule has 2 atom stereocenters. The molecule has 1 aliphatic rings. The highest BCUT2D eigenvalue weighted by Crippen LogP contribution is 2.35. The van der Waals surface area contributed by atoms with Gasteiger partial charge in [-0.05, 0) is 38.0 Å². The summed E-state index contributed by atoms with van der Waals surface area (Å²) in [6, 6.07) is 9.19. The first-order chi connectivity index (χ1) is 12.3. The van der Waals surface area contributed by atoms with E-state index in [4.69, 9.17) is 11.6 Å². The third-order valence-electron chi connectivity index (χ3n) is 4.46. The number of carbonyl (C=O) groups excluding carboxylic acids is 1. The third-order valence-corrected chi connectivity index (χ3v) is 4.71. The zero-order valence-corrected chi connectivity index (χ0v) is 15.1. The molecule has 1 amide bonds. The van der Waals surface area contributed by atoms with Crippen molar-refractivity contribution in [3.63, 3.8) is 0 Å². The summed E-state index contributed by atoms with van der Waals surface area (Å²) in [7, 11) is 0. The molecule has 1 fully saturated rings. The van der Waals surface area contributed by atoms with Gasteiger partial charge in [-0.15, -0.1) is 0 Å². The number of anilines is 2. The molecule has 26 heavy (non-hydrogen) atoms. The van der Waals surface area contributed by atoms with Gasteiger partial charge in [0.2, 0.25) is 11.9 Å². The Labute approximate surface area is 155 Å². The SMILES string of the molecule is C[C@H](Nc1ncc(F)c(N2C(=O)CCC2(C)C#N)n1)c1ccc(Cl)cc1. The number of aromatic nitrogens is 2. The van der Waals surface area contributed by atoms with E-state index in [1.165, 1.54) is 0 Å². The second-order valence-corrected chi connectivity index (χ2v) is 6.83. The maximum Gasteiger partial charge on any atom is 0.229 e. The van der Waals surface area contributed by atoms with Gasteiger partial charge in [0.25, 0.3) is 0 Å². The van der Waals surface area contributed by atoms with Crippen LogP contribution in [0.5, 0.6) is 0 Å². The molecule has 2 aromatic rings. The van der Waals surface area contributed by atoms with Crippen LogP contribution in [0.2, 0.25) is 5.02 Å². The highest BCUT2D eigenvalue weighted by Gasteiger charge is 2.45. The molecule has 1 aromatic heterocycles. The van der Waals surface area contributed by atoms with E-state index >= 15 is 0 Å². The Morgan fingerprint density at radius 1 is 1.42 bits per heavy atom. The summed E-state index contributed by atoms with van der Waals surface area (Å²) in [4.78, 5) is 21.4. The number of hydrogen-bond donors (Lipinski definition) is 1. The lowest BCUT2D eigenvalue weighted by Crippen LogP contribution is -2.43. The highest BCUT2D eigenvalue weighted by atomic mass is 35.5. The smallest absolute Gasteiger partial charge is 0.229 e. The van der Waals surface area contributed by atoms with Gasteiger partial charge in [-0.25, -0.2) is 9.37 Å². The van der Waals surface area contributed by atoms with Crippen molar-refractivity contribution in [2.45, 2.75) is 38.3 Å². The Hall–Kier alpha value is -2.72. The summed E-state index contributed by atoms with van der Waals surface area (Å²) < 4.78 is 14.3. The summed E-state index contributed by atoms with van der Waals surface area (Å²) in [6.45, 7) is 3.50. The fraction of sp³-hybridized carbons (Fsp3) is 0.333. The lowest BCUT2D eigenvalue weighted by Gasteiger charge is -2.28. The summed E-state index contributed by atoms with van der Waals surface area (Å²) in [5.41, 5.74) is -0.172. The van der Waals surface area contributed by atoms with Crippen molar-refractivity contribution in [2.75, 3.05) is 10.2 Å². The fourth-order valence-electron chi connectivity index (χ4n) is 2.92. The van der Waals surface area contributed by atoms with E-state index in [-0.39, 0.29) is 30.1 Å². The van der Waals surface area contributed by atoms with E-state index in [1.807, 2.05) is 19.1 Å². The van der Waals surface area contributed by atoms with Crippen molar-refractivity contribution in [3.8, 4) is 6.07 Å². The molecule has 1 aromatic carbocycles. The largest absolute Gasteiger partial charge is 0.348 e. The first kappa shape index (κ1) is 18.1. The van der Waals surface area contributed by atoms with Crippen LogP contribution in [0.1, 0.15) is 38.3 Å². The van der Waals surface area contributed by atoms with Crippen molar-refractivity contribution in [1.82, 2.24) is 9.97 Å². The Balaban J connectivity index is 1.89. The number of rotatable bonds is 4. The standard InChI is InChI=1S/C18H17ClFN5O/c1-11(12-3-5-13(19)6-4-12)23-17-22-9-14(20)16(24-17)25-15(26)7-8-18(25,2)10-21/h3-6,9,11H,7-8H2,1-2H3,(H,22,23,24)/t11-,18?/m0/s1. The van der Waals surface area contributed by atoms with Crippen LogP contribution in [0, 0.1) is 17.1 Å². The molecule has 134 valence electrons. The minimum atomic E-state index is -1.12. The Morgan fingerprint density at radius 3 is 2.77 bits per heavy atom. The van der Waals surface area contributed by atoms with Crippen molar-refractivity contribution < 1.29 is 9.18 Å². The number of nitrogens with zero attached hydrogens (tertiary/aromatic N) is 4. The molecule has 1 N–H and O–H groups in total. The number of nitrogens with one attached hydrogen (secondary N) is 1. The first-order valence-electron chi connectivity index (χ1n) is 8.13. The van der Waals surface area contributed by atoms with E-state index in [1.54, 1.807) is 19.1 Å². The molecule has 1 saturated heterocycles. The molecule has 8 heteroatoms. The van der Waals surface area contributed by atoms with Gasteiger partial charge in [-0.1, -0.05) is 23.7 Å². The molecule has 0 saturated carbocycles. The zero-order chi connectivity index (χ0) is 18.9. The maximum atomic E-state index is 14.3. The predicted octanol–water partition coefficient (Wildman–Crippen LogP) is 3.85. The van der Waals surface area contributed by atoms with Crippen LogP contribution in [0.15, 0.2) is 30.5 Å². The summed E-state index contributed by atoms with van der Waals surface area (Å²) in [5, 5.41) is 13.1. The average Bonchev–Trinajstić information content (AvgIpc) is 2.93. The number of benzene rings is 1. The van der Waals surface area contributed by atoms with Crippen LogP contribution in [0.3, 0.4) is 0 Å². The van der Waals surface area contributed by atoms with Gasteiger partial charge < -0.3 is 5.32 Å². The van der Waals surface area contributed by atoms with Gasteiger partial charge >= 0.3 is 0 Å². The second-order valence-electron chi connectivity index (χ2n) is 6.40. The second kappa shape index (κ2) is 6.89.